The van der Waals surface area contributed by atoms with Gasteiger partial charge in [-0.3, -0.25) is 14.6 Å². The Balaban J connectivity index is 3.06. The molecule has 1 amide bonds. The maximum absolute atomic E-state index is 10.8. The predicted molar refractivity (Wildman–Crippen MR) is 48.5 cm³/mol. The van der Waals surface area contributed by atoms with E-state index >= 15 is 0 Å². The molecule has 0 aromatic carbocycles. The molecule has 0 saturated heterocycles. The molecule has 1 unspecified atom stereocenters. The molecule has 5 nitrogen and oxygen atoms in total. The maximum atomic E-state index is 10.8. The van der Waals surface area contributed by atoms with Crippen molar-refractivity contribution in [3.8, 4) is 0 Å². The summed E-state index contributed by atoms with van der Waals surface area (Å²) in [5.74, 6) is -3.46. The molecule has 0 aliphatic heterocycles. The highest BCUT2D eigenvalue weighted by molar-refractivity contribution is 6.01. The summed E-state index contributed by atoms with van der Waals surface area (Å²) in [4.78, 5) is 25.4. The highest BCUT2D eigenvalue weighted by atomic mass is 16.4. The van der Waals surface area contributed by atoms with Crippen LogP contribution in [0.5, 0.6) is 0 Å². The van der Waals surface area contributed by atoms with E-state index in [2.05, 4.69) is 4.98 Å². The lowest BCUT2D eigenvalue weighted by atomic mass is 10.0. The van der Waals surface area contributed by atoms with Gasteiger partial charge in [-0.15, -0.1) is 0 Å². The fourth-order valence-corrected chi connectivity index (χ4v) is 1.08. The van der Waals surface area contributed by atoms with Crippen molar-refractivity contribution in [2.45, 2.75) is 12.8 Å². The second kappa shape index (κ2) is 3.87. The molecule has 1 aromatic heterocycles. The van der Waals surface area contributed by atoms with Crippen LogP contribution in [0.1, 0.15) is 17.2 Å². The molecule has 1 aromatic rings. The van der Waals surface area contributed by atoms with Crippen molar-refractivity contribution in [1.29, 1.82) is 0 Å². The summed E-state index contributed by atoms with van der Waals surface area (Å²) in [5.41, 5.74) is 6.01. The first kappa shape index (κ1) is 10.2. The quantitative estimate of drug-likeness (QED) is 0.664. The number of aryl methyl sites for hydroxylation is 1. The minimum Gasteiger partial charge on any atom is -0.480 e. The van der Waals surface area contributed by atoms with Crippen molar-refractivity contribution >= 4 is 11.9 Å². The molecule has 1 heterocycles. The van der Waals surface area contributed by atoms with E-state index in [1.807, 2.05) is 0 Å². The van der Waals surface area contributed by atoms with Crippen molar-refractivity contribution in [1.82, 2.24) is 4.98 Å². The minimum absolute atomic E-state index is 0.301. The molecule has 14 heavy (non-hydrogen) atoms. The van der Waals surface area contributed by atoms with E-state index in [1.54, 1.807) is 13.0 Å². The summed E-state index contributed by atoms with van der Waals surface area (Å²) in [6.45, 7) is 1.77. The number of primary amides is 1. The predicted octanol–water partition coefficient (Wildman–Crippen LogP) is 0.0435. The first-order valence-corrected chi connectivity index (χ1v) is 3.97. The number of rotatable bonds is 3. The Morgan fingerprint density at radius 1 is 1.50 bits per heavy atom. The average Bonchev–Trinajstić information content (AvgIpc) is 2.07. The number of carboxylic acids is 1. The van der Waals surface area contributed by atoms with Gasteiger partial charge in [0.2, 0.25) is 5.91 Å². The van der Waals surface area contributed by atoms with Crippen LogP contribution in [0.4, 0.5) is 0 Å². The van der Waals surface area contributed by atoms with E-state index < -0.39 is 17.8 Å². The third-order valence-corrected chi connectivity index (χ3v) is 1.80. The topological polar surface area (TPSA) is 93.3 Å². The van der Waals surface area contributed by atoms with Crippen LogP contribution in [0.2, 0.25) is 0 Å². The monoisotopic (exact) mass is 194 g/mol. The van der Waals surface area contributed by atoms with Gasteiger partial charge in [0.05, 0.1) is 0 Å². The zero-order valence-electron chi connectivity index (χ0n) is 7.60. The largest absolute Gasteiger partial charge is 0.480 e. The Labute approximate surface area is 80.6 Å². The molecular formula is C9H10N2O3. The first-order chi connectivity index (χ1) is 6.52. The van der Waals surface area contributed by atoms with E-state index in [0.717, 1.165) is 5.69 Å². The van der Waals surface area contributed by atoms with Crippen molar-refractivity contribution < 1.29 is 14.7 Å². The summed E-state index contributed by atoms with van der Waals surface area (Å²) in [7, 11) is 0. The van der Waals surface area contributed by atoms with Gasteiger partial charge in [-0.25, -0.2) is 0 Å². The third-order valence-electron chi connectivity index (χ3n) is 1.80. The van der Waals surface area contributed by atoms with Crippen LogP contribution in [0.25, 0.3) is 0 Å². The summed E-state index contributed by atoms with van der Waals surface area (Å²) in [6, 6.07) is 3.17. The SMILES string of the molecule is Cc1ccc(C(C(N)=O)C(=O)O)cn1. The van der Waals surface area contributed by atoms with Crippen LogP contribution in [-0.2, 0) is 9.59 Å². The van der Waals surface area contributed by atoms with Gasteiger partial charge in [-0.05, 0) is 18.6 Å². The molecule has 0 spiro atoms. The van der Waals surface area contributed by atoms with Gasteiger partial charge in [0.15, 0.2) is 5.92 Å². The van der Waals surface area contributed by atoms with Crippen LogP contribution >= 0.6 is 0 Å². The van der Waals surface area contributed by atoms with Crippen LogP contribution in [0.15, 0.2) is 18.3 Å². The average molecular weight is 194 g/mol. The molecule has 1 rings (SSSR count). The Morgan fingerprint density at radius 3 is 2.50 bits per heavy atom. The number of carboxylic acid groups (broad SMARTS) is 1. The highest BCUT2D eigenvalue weighted by Crippen LogP contribution is 2.14. The fraction of sp³-hybridized carbons (Fsp3) is 0.222. The lowest BCUT2D eigenvalue weighted by molar-refractivity contribution is -0.142. The fourth-order valence-electron chi connectivity index (χ4n) is 1.08. The number of nitrogens with two attached hydrogens (primary N) is 1. The summed E-state index contributed by atoms with van der Waals surface area (Å²) < 4.78 is 0. The number of nitrogens with zero attached hydrogens (tertiary/aromatic N) is 1. The molecular weight excluding hydrogens is 184 g/mol. The van der Waals surface area contributed by atoms with Gasteiger partial charge in [-0.1, -0.05) is 6.07 Å². The molecule has 74 valence electrons. The van der Waals surface area contributed by atoms with E-state index in [1.165, 1.54) is 12.3 Å². The molecule has 0 aliphatic carbocycles. The van der Waals surface area contributed by atoms with Gasteiger partial charge >= 0.3 is 5.97 Å². The number of hydrogen-bond acceptors (Lipinski definition) is 3. The Bertz CT molecular complexity index is 345. The van der Waals surface area contributed by atoms with Gasteiger partial charge < -0.3 is 10.8 Å². The zero-order chi connectivity index (χ0) is 10.7. The Morgan fingerprint density at radius 2 is 2.14 bits per heavy atom. The molecule has 0 saturated carbocycles. The Hall–Kier alpha value is -1.91. The number of aliphatic carboxylic acids is 1. The zero-order valence-corrected chi connectivity index (χ0v) is 7.60. The van der Waals surface area contributed by atoms with Crippen LogP contribution < -0.4 is 5.73 Å². The number of amides is 1. The number of aromatic nitrogens is 1. The number of carbonyl (C=O) groups is 2. The molecule has 0 fully saturated rings. The lowest BCUT2D eigenvalue weighted by Crippen LogP contribution is -2.28. The number of hydrogen-bond donors (Lipinski definition) is 2. The number of carbonyl (C=O) groups excluding carboxylic acids is 1. The summed E-state index contributed by atoms with van der Waals surface area (Å²) in [5, 5.41) is 8.74. The summed E-state index contributed by atoms with van der Waals surface area (Å²) >= 11 is 0. The summed E-state index contributed by atoms with van der Waals surface area (Å²) in [6.07, 6.45) is 1.35. The second-order valence-electron chi connectivity index (χ2n) is 2.91. The maximum Gasteiger partial charge on any atom is 0.320 e. The number of pyridine rings is 1. The highest BCUT2D eigenvalue weighted by Gasteiger charge is 2.25. The normalized spacial score (nSPS) is 12.1. The lowest BCUT2D eigenvalue weighted by Gasteiger charge is -2.07. The smallest absolute Gasteiger partial charge is 0.320 e. The molecule has 5 heteroatoms. The van der Waals surface area contributed by atoms with Gasteiger partial charge in [0, 0.05) is 11.9 Å². The van der Waals surface area contributed by atoms with Crippen molar-refractivity contribution in [2.75, 3.05) is 0 Å². The van der Waals surface area contributed by atoms with Crippen LogP contribution in [0, 0.1) is 6.92 Å². The molecule has 1 atom stereocenters. The second-order valence-corrected chi connectivity index (χ2v) is 2.91. The van der Waals surface area contributed by atoms with Crippen LogP contribution in [-0.4, -0.2) is 22.0 Å². The first-order valence-electron chi connectivity index (χ1n) is 3.97. The van der Waals surface area contributed by atoms with E-state index in [9.17, 15) is 9.59 Å². The Kier molecular flexibility index (Phi) is 2.81. The van der Waals surface area contributed by atoms with E-state index in [0.29, 0.717) is 5.56 Å². The molecule has 0 radical (unpaired) electrons. The molecule has 0 bridgehead atoms. The van der Waals surface area contributed by atoms with E-state index in [4.69, 9.17) is 10.8 Å². The molecule has 0 aliphatic rings. The van der Waals surface area contributed by atoms with Gasteiger partial charge in [0.25, 0.3) is 0 Å². The third kappa shape index (κ3) is 2.07. The standard InChI is InChI=1S/C9H10N2O3/c1-5-2-3-6(4-11-5)7(8(10)12)9(13)14/h2-4,7H,1H3,(H2,10,12)(H,13,14). The van der Waals surface area contributed by atoms with Crippen molar-refractivity contribution in [3.05, 3.63) is 29.6 Å². The van der Waals surface area contributed by atoms with Crippen molar-refractivity contribution in [2.24, 2.45) is 5.73 Å². The minimum atomic E-state index is -1.32. The van der Waals surface area contributed by atoms with Crippen LogP contribution in [0.3, 0.4) is 0 Å². The van der Waals surface area contributed by atoms with Gasteiger partial charge in [0.1, 0.15) is 0 Å². The van der Waals surface area contributed by atoms with Gasteiger partial charge in [-0.2, -0.15) is 0 Å². The van der Waals surface area contributed by atoms with E-state index in [-0.39, 0.29) is 0 Å². The molecule has 3 N–H and O–H groups in total. The van der Waals surface area contributed by atoms with Crippen molar-refractivity contribution in [3.63, 3.8) is 0 Å².